The lowest BCUT2D eigenvalue weighted by atomic mass is 10.1. The van der Waals surface area contributed by atoms with E-state index in [1.54, 1.807) is 0 Å². The SMILES string of the molecule is O=C1[C@@H](O)[C@H](O)C(CO)=NN1CCO. The van der Waals surface area contributed by atoms with Crippen molar-refractivity contribution in [2.75, 3.05) is 19.8 Å². The van der Waals surface area contributed by atoms with Gasteiger partial charge in [-0.2, -0.15) is 5.10 Å². The summed E-state index contributed by atoms with van der Waals surface area (Å²) in [6.45, 7) is -0.934. The number of aliphatic hydroxyl groups excluding tert-OH is 4. The molecule has 7 heteroatoms. The largest absolute Gasteiger partial charge is 0.394 e. The minimum Gasteiger partial charge on any atom is -0.394 e. The van der Waals surface area contributed by atoms with Crippen LogP contribution in [0.2, 0.25) is 0 Å². The van der Waals surface area contributed by atoms with E-state index >= 15 is 0 Å². The molecule has 4 N–H and O–H groups in total. The maximum Gasteiger partial charge on any atom is 0.274 e. The normalized spacial score (nSPS) is 27.9. The first-order valence-corrected chi connectivity index (χ1v) is 4.08. The Balaban J connectivity index is 2.87. The molecule has 0 fully saturated rings. The molecule has 7 nitrogen and oxygen atoms in total. The minimum atomic E-state index is -1.62. The van der Waals surface area contributed by atoms with E-state index in [0.29, 0.717) is 0 Å². The molecule has 0 radical (unpaired) electrons. The number of aliphatic hydroxyl groups is 4. The second-order valence-corrected chi connectivity index (χ2v) is 2.82. The second-order valence-electron chi connectivity index (χ2n) is 2.82. The highest BCUT2D eigenvalue weighted by Gasteiger charge is 2.36. The van der Waals surface area contributed by atoms with Crippen molar-refractivity contribution >= 4 is 11.6 Å². The fraction of sp³-hybridized carbons (Fsp3) is 0.714. The van der Waals surface area contributed by atoms with Crippen molar-refractivity contribution in [3.8, 4) is 0 Å². The molecule has 0 bridgehead atoms. The van der Waals surface area contributed by atoms with Crippen LogP contribution in [0.15, 0.2) is 5.10 Å². The summed E-state index contributed by atoms with van der Waals surface area (Å²) in [7, 11) is 0. The molecule has 1 aliphatic heterocycles. The van der Waals surface area contributed by atoms with E-state index in [9.17, 15) is 15.0 Å². The standard InChI is InChI=1S/C7H12N2O5/c10-2-1-9-7(14)6(13)5(12)4(3-11)8-9/h5-6,10-13H,1-3H2/t5-,6+/m1/s1. The van der Waals surface area contributed by atoms with Gasteiger partial charge in [-0.1, -0.05) is 0 Å². The number of rotatable bonds is 3. The number of hydrogen-bond acceptors (Lipinski definition) is 6. The summed E-state index contributed by atoms with van der Waals surface area (Å²) in [4.78, 5) is 11.2. The number of nitrogens with zero attached hydrogens (tertiary/aromatic N) is 2. The number of hydrogen-bond donors (Lipinski definition) is 4. The van der Waals surface area contributed by atoms with Crippen LogP contribution in [0.5, 0.6) is 0 Å². The fourth-order valence-corrected chi connectivity index (χ4v) is 1.11. The first-order valence-electron chi connectivity index (χ1n) is 4.08. The molecular formula is C7H12N2O5. The van der Waals surface area contributed by atoms with Crippen molar-refractivity contribution in [1.82, 2.24) is 5.01 Å². The van der Waals surface area contributed by atoms with Crippen LogP contribution >= 0.6 is 0 Å². The third kappa shape index (κ3) is 1.90. The average molecular weight is 204 g/mol. The average Bonchev–Trinajstić information content (AvgIpc) is 2.19. The van der Waals surface area contributed by atoms with Gasteiger partial charge in [0, 0.05) is 0 Å². The summed E-state index contributed by atoms with van der Waals surface area (Å²) in [5.74, 6) is -0.788. The van der Waals surface area contributed by atoms with E-state index in [4.69, 9.17) is 10.2 Å². The summed E-state index contributed by atoms with van der Waals surface area (Å²) in [6.07, 6.45) is -3.09. The van der Waals surface area contributed by atoms with Crippen LogP contribution in [0.3, 0.4) is 0 Å². The van der Waals surface area contributed by atoms with E-state index in [0.717, 1.165) is 5.01 Å². The fourth-order valence-electron chi connectivity index (χ4n) is 1.11. The van der Waals surface area contributed by atoms with Crippen LogP contribution in [0.25, 0.3) is 0 Å². The van der Waals surface area contributed by atoms with Gasteiger partial charge in [-0.05, 0) is 0 Å². The van der Waals surface area contributed by atoms with E-state index < -0.39 is 24.7 Å². The molecule has 0 spiro atoms. The predicted molar refractivity (Wildman–Crippen MR) is 45.3 cm³/mol. The van der Waals surface area contributed by atoms with Gasteiger partial charge in [-0.15, -0.1) is 0 Å². The van der Waals surface area contributed by atoms with Crippen molar-refractivity contribution in [3.63, 3.8) is 0 Å². The summed E-state index contributed by atoms with van der Waals surface area (Å²) >= 11 is 0. The van der Waals surface area contributed by atoms with E-state index in [2.05, 4.69) is 5.10 Å². The zero-order valence-corrected chi connectivity index (χ0v) is 7.37. The lowest BCUT2D eigenvalue weighted by Gasteiger charge is -2.29. The van der Waals surface area contributed by atoms with E-state index in [-0.39, 0.29) is 18.9 Å². The molecule has 80 valence electrons. The summed E-state index contributed by atoms with van der Waals surface area (Å²) in [6, 6.07) is 0. The summed E-state index contributed by atoms with van der Waals surface area (Å²) in [5, 5.41) is 40.2. The highest BCUT2D eigenvalue weighted by Crippen LogP contribution is 2.10. The van der Waals surface area contributed by atoms with Crippen LogP contribution in [-0.4, -0.2) is 69.0 Å². The van der Waals surface area contributed by atoms with Crippen LogP contribution in [0, 0.1) is 0 Å². The molecule has 0 aromatic rings. The lowest BCUT2D eigenvalue weighted by Crippen LogP contribution is -2.52. The molecule has 1 rings (SSSR count). The first-order chi connectivity index (χ1) is 6.61. The third-order valence-corrected chi connectivity index (χ3v) is 1.87. The van der Waals surface area contributed by atoms with Gasteiger partial charge in [0.2, 0.25) is 0 Å². The number of carbonyl (C=O) groups excluding carboxylic acids is 1. The maximum absolute atomic E-state index is 11.2. The van der Waals surface area contributed by atoms with Gasteiger partial charge in [-0.3, -0.25) is 4.79 Å². The quantitative estimate of drug-likeness (QED) is 0.388. The zero-order valence-electron chi connectivity index (χ0n) is 7.37. The Morgan fingerprint density at radius 3 is 2.43 bits per heavy atom. The summed E-state index contributed by atoms with van der Waals surface area (Å²) in [5.41, 5.74) is -0.0921. The molecule has 0 saturated heterocycles. The Bertz CT molecular complexity index is 254. The highest BCUT2D eigenvalue weighted by atomic mass is 16.3. The van der Waals surface area contributed by atoms with Crippen LogP contribution in [0.1, 0.15) is 0 Å². The molecule has 14 heavy (non-hydrogen) atoms. The number of amides is 1. The van der Waals surface area contributed by atoms with Crippen molar-refractivity contribution in [3.05, 3.63) is 0 Å². The zero-order chi connectivity index (χ0) is 10.7. The Labute approximate surface area is 79.9 Å². The topological polar surface area (TPSA) is 114 Å². The van der Waals surface area contributed by atoms with Gasteiger partial charge in [0.15, 0.2) is 6.10 Å². The second kappa shape index (κ2) is 4.47. The third-order valence-electron chi connectivity index (χ3n) is 1.87. The Morgan fingerprint density at radius 1 is 1.29 bits per heavy atom. The number of β-amino-alcohol motifs (C(OH)–C–C–N with tert-alkyl or cyclic N) is 1. The molecule has 0 aromatic carbocycles. The van der Waals surface area contributed by atoms with Crippen LogP contribution < -0.4 is 0 Å². The predicted octanol–water partition coefficient (Wildman–Crippen LogP) is -3.11. The van der Waals surface area contributed by atoms with Gasteiger partial charge in [0.05, 0.1) is 25.5 Å². The molecule has 1 heterocycles. The number of carbonyl (C=O) groups is 1. The molecular weight excluding hydrogens is 192 g/mol. The summed E-state index contributed by atoms with van der Waals surface area (Å²) < 4.78 is 0. The Hall–Kier alpha value is -1.02. The van der Waals surface area contributed by atoms with Crippen LogP contribution in [-0.2, 0) is 4.79 Å². The molecule has 1 amide bonds. The van der Waals surface area contributed by atoms with Crippen molar-refractivity contribution in [1.29, 1.82) is 0 Å². The van der Waals surface area contributed by atoms with Gasteiger partial charge < -0.3 is 20.4 Å². The molecule has 0 unspecified atom stereocenters. The minimum absolute atomic E-state index is 0.0773. The lowest BCUT2D eigenvalue weighted by molar-refractivity contribution is -0.146. The molecule has 0 saturated carbocycles. The molecule has 0 aromatic heterocycles. The smallest absolute Gasteiger partial charge is 0.274 e. The van der Waals surface area contributed by atoms with Gasteiger partial charge in [0.25, 0.3) is 5.91 Å². The highest BCUT2D eigenvalue weighted by molar-refractivity contribution is 5.99. The number of hydrazone groups is 1. The Morgan fingerprint density at radius 2 is 1.93 bits per heavy atom. The van der Waals surface area contributed by atoms with Crippen LogP contribution in [0.4, 0.5) is 0 Å². The van der Waals surface area contributed by atoms with Gasteiger partial charge in [-0.25, -0.2) is 5.01 Å². The first kappa shape index (κ1) is 11.1. The monoisotopic (exact) mass is 204 g/mol. The molecule has 0 aliphatic carbocycles. The maximum atomic E-state index is 11.2. The van der Waals surface area contributed by atoms with Gasteiger partial charge >= 0.3 is 0 Å². The Kier molecular flexibility index (Phi) is 3.53. The van der Waals surface area contributed by atoms with Crippen molar-refractivity contribution in [2.24, 2.45) is 5.10 Å². The van der Waals surface area contributed by atoms with E-state index in [1.807, 2.05) is 0 Å². The molecule has 1 aliphatic rings. The van der Waals surface area contributed by atoms with Crippen molar-refractivity contribution in [2.45, 2.75) is 12.2 Å². The molecule has 2 atom stereocenters. The van der Waals surface area contributed by atoms with Gasteiger partial charge in [0.1, 0.15) is 6.10 Å². The van der Waals surface area contributed by atoms with Crippen molar-refractivity contribution < 1.29 is 25.2 Å². The van der Waals surface area contributed by atoms with E-state index in [1.165, 1.54) is 0 Å².